The Kier molecular flexibility index (Phi) is 7.20. The molecular weight excluding hydrogens is 448 g/mol. The zero-order chi connectivity index (χ0) is 25.0. The number of aliphatic hydroxyl groups is 1. The summed E-state index contributed by atoms with van der Waals surface area (Å²) in [5.41, 5.74) is 8.40. The molecule has 0 saturated carbocycles. The number of ether oxygens (including phenoxy) is 1. The Morgan fingerprint density at radius 1 is 0.943 bits per heavy atom. The van der Waals surface area contributed by atoms with Crippen LogP contribution in [0.15, 0.2) is 84.1 Å². The maximum Gasteiger partial charge on any atom is 0.338 e. The van der Waals surface area contributed by atoms with E-state index in [2.05, 4.69) is 0 Å². The van der Waals surface area contributed by atoms with Crippen LogP contribution in [-0.2, 0) is 22.4 Å². The molecule has 4 nitrogen and oxygen atoms in total. The highest BCUT2D eigenvalue weighted by Crippen LogP contribution is 2.41. The topological polar surface area (TPSA) is 72.5 Å². The van der Waals surface area contributed by atoms with Crippen molar-refractivity contribution in [2.24, 2.45) is 0 Å². The molecule has 0 aliphatic carbocycles. The van der Waals surface area contributed by atoms with Crippen LogP contribution in [0.2, 0.25) is 0 Å². The second-order valence-electron chi connectivity index (χ2n) is 9.25. The molecular formula is C29H29F2NO3. The number of nitrogens with two attached hydrogens (primary N) is 1. The van der Waals surface area contributed by atoms with Crippen LogP contribution in [0.25, 0.3) is 0 Å². The molecule has 0 fully saturated rings. The molecule has 1 heterocycles. The fourth-order valence-corrected chi connectivity index (χ4v) is 4.68. The van der Waals surface area contributed by atoms with Gasteiger partial charge in [-0.15, -0.1) is 0 Å². The smallest absolute Gasteiger partial charge is 0.338 e. The van der Waals surface area contributed by atoms with Crippen molar-refractivity contribution in [3.05, 3.63) is 112 Å². The van der Waals surface area contributed by atoms with E-state index >= 15 is 0 Å². The van der Waals surface area contributed by atoms with E-state index in [1.165, 1.54) is 24.3 Å². The van der Waals surface area contributed by atoms with Crippen LogP contribution in [0.3, 0.4) is 0 Å². The highest BCUT2D eigenvalue weighted by atomic mass is 19.1. The van der Waals surface area contributed by atoms with E-state index in [0.29, 0.717) is 31.4 Å². The minimum atomic E-state index is -0.942. The van der Waals surface area contributed by atoms with Gasteiger partial charge in [0.2, 0.25) is 0 Å². The van der Waals surface area contributed by atoms with Gasteiger partial charge in [0.1, 0.15) is 23.0 Å². The maximum absolute atomic E-state index is 13.3. The van der Waals surface area contributed by atoms with Crippen molar-refractivity contribution >= 4 is 11.7 Å². The van der Waals surface area contributed by atoms with Gasteiger partial charge in [0, 0.05) is 18.0 Å². The van der Waals surface area contributed by atoms with Gasteiger partial charge in [-0.3, -0.25) is 0 Å². The van der Waals surface area contributed by atoms with E-state index in [1.54, 1.807) is 36.4 Å². The lowest BCUT2D eigenvalue weighted by Gasteiger charge is -2.38. The number of cyclic esters (lactones) is 1. The largest absolute Gasteiger partial charge is 0.512 e. The summed E-state index contributed by atoms with van der Waals surface area (Å²) in [6.07, 6.45) is 2.17. The van der Waals surface area contributed by atoms with E-state index in [9.17, 15) is 18.7 Å². The van der Waals surface area contributed by atoms with Gasteiger partial charge in [-0.2, -0.15) is 0 Å². The monoisotopic (exact) mass is 477 g/mol. The summed E-state index contributed by atoms with van der Waals surface area (Å²) in [6.45, 7) is 1.84. The Morgan fingerprint density at radius 3 is 1.97 bits per heavy atom. The van der Waals surface area contributed by atoms with Crippen molar-refractivity contribution in [3.63, 3.8) is 0 Å². The number of hydrogen-bond acceptors (Lipinski definition) is 4. The number of benzene rings is 3. The van der Waals surface area contributed by atoms with E-state index < -0.39 is 17.5 Å². The van der Waals surface area contributed by atoms with E-state index in [4.69, 9.17) is 10.5 Å². The number of rotatable bonds is 8. The van der Waals surface area contributed by atoms with E-state index in [-0.39, 0.29) is 29.4 Å². The predicted octanol–water partition coefficient (Wildman–Crippen LogP) is 6.41. The lowest BCUT2D eigenvalue weighted by molar-refractivity contribution is -0.161. The number of halogens is 2. The zero-order valence-electron chi connectivity index (χ0n) is 19.6. The number of hydrogen-bond donors (Lipinski definition) is 2. The molecule has 1 atom stereocenters. The standard InChI is InChI=1S/C29H29F2NO3/c1-19(22-3-2-4-25(32)17-22)27-26(33)18-29(35-28(27)34,15-13-20-5-9-23(30)10-6-20)16-14-21-7-11-24(31)12-8-21/h2-12,17,19,33H,13-16,18,32H2,1H3. The van der Waals surface area contributed by atoms with Crippen LogP contribution < -0.4 is 5.73 Å². The summed E-state index contributed by atoms with van der Waals surface area (Å²) < 4.78 is 32.8. The van der Waals surface area contributed by atoms with Gasteiger partial charge in [0.15, 0.2) is 0 Å². The SMILES string of the molecule is CC(C1=C(O)CC(CCc2ccc(F)cc2)(CCc2ccc(F)cc2)OC1=O)c1cccc(N)c1. The number of carbonyl (C=O) groups excluding carboxylic acids is 1. The molecule has 0 amide bonds. The lowest BCUT2D eigenvalue weighted by Crippen LogP contribution is -2.42. The molecule has 35 heavy (non-hydrogen) atoms. The molecule has 0 saturated heterocycles. The molecule has 0 radical (unpaired) electrons. The maximum atomic E-state index is 13.3. The molecule has 3 aromatic carbocycles. The zero-order valence-corrected chi connectivity index (χ0v) is 19.6. The third-order valence-electron chi connectivity index (χ3n) is 6.74. The molecule has 1 aliphatic rings. The first kappa shape index (κ1) is 24.5. The van der Waals surface area contributed by atoms with E-state index in [0.717, 1.165) is 16.7 Å². The summed E-state index contributed by atoms with van der Waals surface area (Å²) in [4.78, 5) is 13.3. The van der Waals surface area contributed by atoms with Gasteiger partial charge in [-0.05, 0) is 78.8 Å². The first-order valence-electron chi connectivity index (χ1n) is 11.7. The van der Waals surface area contributed by atoms with Crippen molar-refractivity contribution < 1.29 is 23.4 Å². The number of nitrogen functional groups attached to an aromatic ring is 1. The second-order valence-corrected chi connectivity index (χ2v) is 9.25. The summed E-state index contributed by atoms with van der Waals surface area (Å²) >= 11 is 0. The summed E-state index contributed by atoms with van der Waals surface area (Å²) in [7, 11) is 0. The van der Waals surface area contributed by atoms with Gasteiger partial charge in [-0.1, -0.05) is 43.3 Å². The molecule has 6 heteroatoms. The average molecular weight is 478 g/mol. The lowest BCUT2D eigenvalue weighted by atomic mass is 9.80. The third-order valence-corrected chi connectivity index (χ3v) is 6.74. The van der Waals surface area contributed by atoms with Crippen molar-refractivity contribution in [2.45, 2.75) is 50.5 Å². The Hall–Kier alpha value is -3.67. The van der Waals surface area contributed by atoms with Crippen LogP contribution in [0, 0.1) is 11.6 Å². The van der Waals surface area contributed by atoms with Crippen LogP contribution in [0.5, 0.6) is 0 Å². The number of anilines is 1. The van der Waals surface area contributed by atoms with Crippen LogP contribution in [0.1, 0.15) is 48.8 Å². The van der Waals surface area contributed by atoms with Gasteiger partial charge in [-0.25, -0.2) is 13.6 Å². The van der Waals surface area contributed by atoms with Crippen LogP contribution in [0.4, 0.5) is 14.5 Å². The Bertz CT molecular complexity index is 1170. The Morgan fingerprint density at radius 2 is 1.49 bits per heavy atom. The third kappa shape index (κ3) is 5.88. The van der Waals surface area contributed by atoms with Gasteiger partial charge in [0.25, 0.3) is 0 Å². The predicted molar refractivity (Wildman–Crippen MR) is 132 cm³/mol. The molecule has 1 aliphatic heterocycles. The van der Waals surface area contributed by atoms with Crippen molar-refractivity contribution in [2.75, 3.05) is 5.73 Å². The van der Waals surface area contributed by atoms with Crippen molar-refractivity contribution in [3.8, 4) is 0 Å². The van der Waals surface area contributed by atoms with Gasteiger partial charge < -0.3 is 15.6 Å². The fraction of sp³-hybridized carbons (Fsp3) is 0.276. The summed E-state index contributed by atoms with van der Waals surface area (Å²) in [6, 6.07) is 19.6. The number of aliphatic hydroxyl groups excluding tert-OH is 1. The molecule has 0 bridgehead atoms. The van der Waals surface area contributed by atoms with Gasteiger partial charge in [0.05, 0.1) is 5.57 Å². The molecule has 0 aromatic heterocycles. The molecule has 3 aromatic rings. The number of esters is 1. The first-order chi connectivity index (χ1) is 16.7. The molecule has 0 spiro atoms. The van der Waals surface area contributed by atoms with Crippen LogP contribution >= 0.6 is 0 Å². The highest BCUT2D eigenvalue weighted by molar-refractivity contribution is 5.92. The minimum Gasteiger partial charge on any atom is -0.512 e. The Labute approximate surface area is 204 Å². The van der Waals surface area contributed by atoms with Crippen LogP contribution in [-0.4, -0.2) is 16.7 Å². The Balaban J connectivity index is 1.60. The molecule has 182 valence electrons. The number of aryl methyl sites for hydroxylation is 2. The van der Waals surface area contributed by atoms with E-state index in [1.807, 2.05) is 19.1 Å². The molecule has 3 N–H and O–H groups in total. The summed E-state index contributed by atoms with van der Waals surface area (Å²) in [5, 5.41) is 11.1. The highest BCUT2D eigenvalue weighted by Gasteiger charge is 2.43. The molecule has 1 unspecified atom stereocenters. The van der Waals surface area contributed by atoms with Crippen molar-refractivity contribution in [1.82, 2.24) is 0 Å². The molecule has 4 rings (SSSR count). The number of carbonyl (C=O) groups is 1. The van der Waals surface area contributed by atoms with Crippen molar-refractivity contribution in [1.29, 1.82) is 0 Å². The average Bonchev–Trinajstić information content (AvgIpc) is 2.83. The second kappa shape index (κ2) is 10.3. The quantitative estimate of drug-likeness (QED) is 0.290. The minimum absolute atomic E-state index is 0.00869. The summed E-state index contributed by atoms with van der Waals surface area (Å²) in [5.74, 6) is -1.57. The van der Waals surface area contributed by atoms with Gasteiger partial charge >= 0.3 is 5.97 Å². The fourth-order valence-electron chi connectivity index (χ4n) is 4.68. The first-order valence-corrected chi connectivity index (χ1v) is 11.7. The normalized spacial score (nSPS) is 16.1.